The van der Waals surface area contributed by atoms with Crippen molar-refractivity contribution in [2.45, 2.75) is 34.1 Å². The number of benzene rings is 1. The molecule has 0 saturated heterocycles. The van der Waals surface area contributed by atoms with Crippen LogP contribution in [0.1, 0.15) is 38.3 Å². The van der Waals surface area contributed by atoms with E-state index in [0.717, 1.165) is 5.56 Å². The highest BCUT2D eigenvalue weighted by atomic mass is 16.5. The van der Waals surface area contributed by atoms with Gasteiger partial charge in [0.15, 0.2) is 5.43 Å². The Kier molecular flexibility index (Phi) is 6.73. The normalized spacial score (nSPS) is 12.3. The highest BCUT2D eigenvalue weighted by Gasteiger charge is 2.16. The molecule has 0 N–H and O–H groups in total. The molecule has 0 radical (unpaired) electrons. The first-order valence-electron chi connectivity index (χ1n) is 8.88. The van der Waals surface area contributed by atoms with Crippen molar-refractivity contribution in [1.82, 2.24) is 0 Å². The predicted octanol–water partition coefficient (Wildman–Crippen LogP) is 4.54. The van der Waals surface area contributed by atoms with Crippen LogP contribution in [0, 0.1) is 24.2 Å². The van der Waals surface area contributed by atoms with E-state index in [0.29, 0.717) is 28.5 Å². The zero-order chi connectivity index (χ0) is 20.0. The summed E-state index contributed by atoms with van der Waals surface area (Å²) in [6, 6.07) is 7.35. The van der Waals surface area contributed by atoms with Gasteiger partial charge in [-0.2, -0.15) is 5.26 Å². The van der Waals surface area contributed by atoms with Crippen LogP contribution in [0.25, 0.3) is 17.0 Å². The average molecular weight is 365 g/mol. The Hall–Kier alpha value is -3.13. The molecule has 0 aliphatic heterocycles. The van der Waals surface area contributed by atoms with E-state index in [2.05, 4.69) is 0 Å². The van der Waals surface area contributed by atoms with Gasteiger partial charge < -0.3 is 9.15 Å². The smallest absolute Gasteiger partial charge is 0.349 e. The third-order valence-electron chi connectivity index (χ3n) is 3.96. The van der Waals surface area contributed by atoms with Gasteiger partial charge in [0.2, 0.25) is 0 Å². The largest absolute Gasteiger partial charge is 0.463 e. The van der Waals surface area contributed by atoms with E-state index in [4.69, 9.17) is 9.15 Å². The highest BCUT2D eigenvalue weighted by Crippen LogP contribution is 2.20. The second-order valence-corrected chi connectivity index (χ2v) is 6.68. The number of ether oxygens (including phenoxy) is 1. The van der Waals surface area contributed by atoms with Gasteiger partial charge >= 0.3 is 5.97 Å². The van der Waals surface area contributed by atoms with E-state index in [9.17, 15) is 14.9 Å². The van der Waals surface area contributed by atoms with Crippen molar-refractivity contribution in [2.24, 2.45) is 5.92 Å². The molecule has 0 amide bonds. The van der Waals surface area contributed by atoms with Crippen molar-refractivity contribution < 1.29 is 13.9 Å². The summed E-state index contributed by atoms with van der Waals surface area (Å²) in [4.78, 5) is 24.8. The van der Waals surface area contributed by atoms with Gasteiger partial charge in [-0.05, 0) is 50.0 Å². The Bertz CT molecular complexity index is 1000. The van der Waals surface area contributed by atoms with E-state index >= 15 is 0 Å². The summed E-state index contributed by atoms with van der Waals surface area (Å²) in [6.07, 6.45) is 5.11. The fourth-order valence-electron chi connectivity index (χ4n) is 2.71. The van der Waals surface area contributed by atoms with E-state index in [1.54, 1.807) is 31.2 Å². The molecule has 0 atom stereocenters. The number of hydrogen-bond donors (Lipinski definition) is 0. The van der Waals surface area contributed by atoms with Crippen LogP contribution < -0.4 is 5.43 Å². The zero-order valence-electron chi connectivity index (χ0n) is 16.0. The van der Waals surface area contributed by atoms with Crippen molar-refractivity contribution in [2.75, 3.05) is 6.61 Å². The first-order valence-corrected chi connectivity index (χ1v) is 8.88. The molecule has 5 nitrogen and oxygen atoms in total. The summed E-state index contributed by atoms with van der Waals surface area (Å²) in [5.74, 6) is -0.431. The van der Waals surface area contributed by atoms with Crippen LogP contribution in [0.4, 0.5) is 0 Å². The standard InChI is InChI=1S/C22H23NO4/c1-5-26-22(25)19(12-23)16(10-14(2)3)7-8-17-13-27-20-9-6-15(4)11-18(20)21(17)24/h6-9,11,13-14H,5,10H2,1-4H3. The summed E-state index contributed by atoms with van der Waals surface area (Å²) in [5.41, 5.74) is 2.18. The Morgan fingerprint density at radius 2 is 2.11 bits per heavy atom. The third-order valence-corrected chi connectivity index (χ3v) is 3.96. The van der Waals surface area contributed by atoms with Crippen LogP contribution in [-0.2, 0) is 9.53 Å². The second kappa shape index (κ2) is 9.00. The molecular formula is C22H23NO4. The monoisotopic (exact) mass is 365 g/mol. The first-order chi connectivity index (χ1) is 12.9. The molecule has 0 spiro atoms. The number of rotatable bonds is 6. The zero-order valence-corrected chi connectivity index (χ0v) is 16.0. The van der Waals surface area contributed by atoms with Gasteiger partial charge in [-0.25, -0.2) is 4.79 Å². The number of nitrogens with zero attached hydrogens (tertiary/aromatic N) is 1. The van der Waals surface area contributed by atoms with Gasteiger partial charge in [0.05, 0.1) is 17.6 Å². The summed E-state index contributed by atoms with van der Waals surface area (Å²) in [6.45, 7) is 7.76. The minimum Gasteiger partial charge on any atom is -0.463 e. The highest BCUT2D eigenvalue weighted by molar-refractivity contribution is 5.94. The molecule has 2 aromatic rings. The number of hydrogen-bond acceptors (Lipinski definition) is 5. The maximum absolute atomic E-state index is 12.7. The topological polar surface area (TPSA) is 80.3 Å². The van der Waals surface area contributed by atoms with Crippen LogP contribution in [0.15, 0.2) is 50.9 Å². The Labute approximate surface area is 158 Å². The van der Waals surface area contributed by atoms with E-state index in [1.807, 2.05) is 32.9 Å². The van der Waals surface area contributed by atoms with Gasteiger partial charge in [0, 0.05) is 0 Å². The molecular weight excluding hydrogens is 342 g/mol. The van der Waals surface area contributed by atoms with Gasteiger partial charge in [-0.1, -0.05) is 31.6 Å². The molecule has 0 aliphatic rings. The fraction of sp³-hybridized carbons (Fsp3) is 0.318. The minimum atomic E-state index is -0.651. The molecule has 0 fully saturated rings. The van der Waals surface area contributed by atoms with Crippen molar-refractivity contribution in [3.8, 4) is 6.07 Å². The lowest BCUT2D eigenvalue weighted by Crippen LogP contribution is -2.10. The number of carbonyl (C=O) groups excluding carboxylic acids is 1. The summed E-state index contributed by atoms with van der Waals surface area (Å²) in [7, 11) is 0. The van der Waals surface area contributed by atoms with Crippen molar-refractivity contribution in [3.05, 3.63) is 63.0 Å². The van der Waals surface area contributed by atoms with Gasteiger partial charge in [0.1, 0.15) is 23.5 Å². The van der Waals surface area contributed by atoms with E-state index < -0.39 is 5.97 Å². The number of fused-ring (bicyclic) bond motifs is 1. The molecule has 1 aromatic heterocycles. The summed E-state index contributed by atoms with van der Waals surface area (Å²) >= 11 is 0. The summed E-state index contributed by atoms with van der Waals surface area (Å²) in [5, 5.41) is 9.90. The lowest BCUT2D eigenvalue weighted by atomic mass is 9.97. The number of nitriles is 1. The quantitative estimate of drug-likeness (QED) is 0.325. The Balaban J connectivity index is 2.52. The van der Waals surface area contributed by atoms with Crippen molar-refractivity contribution >= 4 is 23.0 Å². The van der Waals surface area contributed by atoms with Crippen LogP contribution in [0.3, 0.4) is 0 Å². The van der Waals surface area contributed by atoms with Gasteiger partial charge in [-0.3, -0.25) is 4.79 Å². The molecule has 0 unspecified atom stereocenters. The SMILES string of the molecule is CCOC(=O)C(C#N)=C(C=Cc1coc2ccc(C)cc2c1=O)CC(C)C. The van der Waals surface area contributed by atoms with Crippen LogP contribution in [0.2, 0.25) is 0 Å². The number of esters is 1. The molecule has 0 bridgehead atoms. The van der Waals surface area contributed by atoms with Crippen molar-refractivity contribution in [1.29, 1.82) is 5.26 Å². The Morgan fingerprint density at radius 1 is 1.37 bits per heavy atom. The minimum absolute atomic E-state index is 0.0391. The van der Waals surface area contributed by atoms with Crippen LogP contribution in [-0.4, -0.2) is 12.6 Å². The molecule has 27 heavy (non-hydrogen) atoms. The van der Waals surface area contributed by atoms with E-state index in [1.165, 1.54) is 6.26 Å². The van der Waals surface area contributed by atoms with Crippen LogP contribution >= 0.6 is 0 Å². The van der Waals surface area contributed by atoms with Gasteiger partial charge in [-0.15, -0.1) is 0 Å². The molecule has 5 heteroatoms. The lowest BCUT2D eigenvalue weighted by molar-refractivity contribution is -0.138. The summed E-state index contributed by atoms with van der Waals surface area (Å²) < 4.78 is 10.5. The van der Waals surface area contributed by atoms with Crippen LogP contribution in [0.5, 0.6) is 0 Å². The predicted molar refractivity (Wildman–Crippen MR) is 105 cm³/mol. The number of allylic oxidation sites excluding steroid dienone is 2. The van der Waals surface area contributed by atoms with E-state index in [-0.39, 0.29) is 23.5 Å². The lowest BCUT2D eigenvalue weighted by Gasteiger charge is -2.09. The third kappa shape index (κ3) is 4.95. The molecule has 1 heterocycles. The molecule has 1 aromatic carbocycles. The first kappa shape index (κ1) is 20.2. The molecule has 140 valence electrons. The fourth-order valence-corrected chi connectivity index (χ4v) is 2.71. The second-order valence-electron chi connectivity index (χ2n) is 6.68. The maximum Gasteiger partial charge on any atom is 0.349 e. The maximum atomic E-state index is 12.7. The van der Waals surface area contributed by atoms with Gasteiger partial charge in [0.25, 0.3) is 0 Å². The number of carbonyl (C=O) groups is 1. The Morgan fingerprint density at radius 3 is 2.74 bits per heavy atom. The molecule has 0 saturated carbocycles. The number of aryl methyl sites for hydroxylation is 1. The molecule has 2 rings (SSSR count). The molecule has 0 aliphatic carbocycles. The van der Waals surface area contributed by atoms with Crippen molar-refractivity contribution in [3.63, 3.8) is 0 Å². The average Bonchev–Trinajstić information content (AvgIpc) is 2.61.